The molecule has 0 bridgehead atoms. The van der Waals surface area contributed by atoms with Gasteiger partial charge in [0.05, 0.1) is 0 Å². The summed E-state index contributed by atoms with van der Waals surface area (Å²) >= 11 is 0. The van der Waals surface area contributed by atoms with Gasteiger partial charge in [-0.2, -0.15) is 0 Å². The lowest BCUT2D eigenvalue weighted by molar-refractivity contribution is 0.112. The molecule has 142 valence electrons. The van der Waals surface area contributed by atoms with Crippen molar-refractivity contribution in [1.82, 2.24) is 4.57 Å². The van der Waals surface area contributed by atoms with E-state index in [0.29, 0.717) is 11.8 Å². The molecule has 0 spiro atoms. The van der Waals surface area contributed by atoms with Crippen LogP contribution in [0.4, 0.5) is 0 Å². The number of fused-ring (bicyclic) bond motifs is 3. The Morgan fingerprint density at radius 1 is 1.04 bits per heavy atom. The molecular weight excluding hydrogens is 330 g/mol. The van der Waals surface area contributed by atoms with Gasteiger partial charge in [0.25, 0.3) is 0 Å². The summed E-state index contributed by atoms with van der Waals surface area (Å²) in [6.45, 7) is 3.38. The molecule has 1 aliphatic carbocycles. The third-order valence-corrected chi connectivity index (χ3v) is 6.40. The zero-order chi connectivity index (χ0) is 18.6. The molecule has 0 radical (unpaired) electrons. The molecule has 0 saturated heterocycles. The first kappa shape index (κ1) is 18.3. The Hall–Kier alpha value is -2.09. The van der Waals surface area contributed by atoms with E-state index in [1.54, 1.807) is 5.56 Å². The topological polar surface area (TPSA) is 22.0 Å². The first-order valence-electron chi connectivity index (χ1n) is 10.7. The fraction of sp³-hybridized carbons (Fsp3) is 0.480. The van der Waals surface area contributed by atoms with E-state index in [1.807, 2.05) is 6.07 Å². The zero-order valence-corrected chi connectivity index (χ0v) is 16.5. The second-order valence-electron chi connectivity index (χ2n) is 8.28. The van der Waals surface area contributed by atoms with Crippen LogP contribution in [0.2, 0.25) is 0 Å². The highest BCUT2D eigenvalue weighted by Gasteiger charge is 2.27. The first-order chi connectivity index (χ1) is 13.3. The zero-order valence-electron chi connectivity index (χ0n) is 16.5. The minimum absolute atomic E-state index is 0.386. The molecule has 4 rings (SSSR count). The smallest absolute Gasteiger partial charge is 0.150 e. The largest absolute Gasteiger partial charge is 0.344 e. The molecule has 0 N–H and O–H groups in total. The lowest BCUT2D eigenvalue weighted by atomic mass is 9.81. The number of hydrogen-bond acceptors (Lipinski definition) is 1. The van der Waals surface area contributed by atoms with Crippen molar-refractivity contribution < 1.29 is 4.79 Å². The van der Waals surface area contributed by atoms with Crippen LogP contribution < -0.4 is 0 Å². The molecule has 2 heterocycles. The van der Waals surface area contributed by atoms with E-state index < -0.39 is 0 Å². The average molecular weight is 362 g/mol. The van der Waals surface area contributed by atoms with Crippen LogP contribution >= 0.6 is 0 Å². The second kappa shape index (κ2) is 8.29. The Balaban J connectivity index is 1.94. The third-order valence-electron chi connectivity index (χ3n) is 6.40. The van der Waals surface area contributed by atoms with E-state index in [-0.39, 0.29) is 0 Å². The van der Waals surface area contributed by atoms with Gasteiger partial charge >= 0.3 is 0 Å². The highest BCUT2D eigenvalue weighted by molar-refractivity contribution is 5.91. The van der Waals surface area contributed by atoms with Crippen molar-refractivity contribution in [3.05, 3.63) is 59.3 Å². The number of aryl methyl sites for hydroxylation is 1. The molecule has 1 saturated carbocycles. The van der Waals surface area contributed by atoms with Crippen LogP contribution in [0.25, 0.3) is 10.9 Å². The second-order valence-corrected chi connectivity index (χ2v) is 8.28. The van der Waals surface area contributed by atoms with E-state index >= 15 is 0 Å². The van der Waals surface area contributed by atoms with Crippen LogP contribution in [0.3, 0.4) is 0 Å². The van der Waals surface area contributed by atoms with Crippen LogP contribution in [0.1, 0.15) is 91.7 Å². The maximum Gasteiger partial charge on any atom is 0.150 e. The molecule has 1 unspecified atom stereocenters. The van der Waals surface area contributed by atoms with Crippen molar-refractivity contribution in [2.75, 3.05) is 0 Å². The van der Waals surface area contributed by atoms with Gasteiger partial charge in [-0.1, -0.05) is 62.6 Å². The molecule has 0 amide bonds. The van der Waals surface area contributed by atoms with Crippen molar-refractivity contribution in [3.8, 4) is 0 Å². The monoisotopic (exact) mass is 361 g/mol. The van der Waals surface area contributed by atoms with Gasteiger partial charge in [-0.15, -0.1) is 0 Å². The molecular formula is C25H31NO. The Kier molecular flexibility index (Phi) is 5.61. The summed E-state index contributed by atoms with van der Waals surface area (Å²) in [5.74, 6) is 1.05. The van der Waals surface area contributed by atoms with Gasteiger partial charge in [0.1, 0.15) is 6.29 Å². The molecule has 1 aromatic heterocycles. The van der Waals surface area contributed by atoms with Crippen molar-refractivity contribution in [1.29, 1.82) is 0 Å². The minimum Gasteiger partial charge on any atom is -0.344 e. The predicted molar refractivity (Wildman–Crippen MR) is 114 cm³/mol. The van der Waals surface area contributed by atoms with Gasteiger partial charge in [-0.3, -0.25) is 4.79 Å². The summed E-state index contributed by atoms with van der Waals surface area (Å²) < 4.78 is 2.55. The summed E-state index contributed by atoms with van der Waals surface area (Å²) in [6.07, 6.45) is 20.3. The van der Waals surface area contributed by atoms with Crippen LogP contribution in [-0.2, 0) is 6.54 Å². The number of carbonyl (C=O) groups is 1. The summed E-state index contributed by atoms with van der Waals surface area (Å²) in [7, 11) is 0. The quantitative estimate of drug-likeness (QED) is 0.533. The predicted octanol–water partition coefficient (Wildman–Crippen LogP) is 6.90. The molecule has 1 atom stereocenters. The third kappa shape index (κ3) is 3.67. The summed E-state index contributed by atoms with van der Waals surface area (Å²) in [5, 5.41) is 1.38. The SMILES string of the molecule is CC1/C=C\C=C/CCCCn2c1c(C1CCCCC1)c1ccc(C=O)cc12. The summed E-state index contributed by atoms with van der Waals surface area (Å²) in [4.78, 5) is 11.4. The van der Waals surface area contributed by atoms with Crippen LogP contribution in [0.15, 0.2) is 42.5 Å². The normalized spacial score (nSPS) is 24.1. The van der Waals surface area contributed by atoms with Crippen molar-refractivity contribution >= 4 is 17.2 Å². The molecule has 2 aliphatic rings. The van der Waals surface area contributed by atoms with Crippen molar-refractivity contribution in [2.24, 2.45) is 0 Å². The Labute approximate surface area is 163 Å². The Morgan fingerprint density at radius 2 is 1.89 bits per heavy atom. The molecule has 1 fully saturated rings. The lowest BCUT2D eigenvalue weighted by Gasteiger charge is -2.25. The number of nitrogens with zero attached hydrogens (tertiary/aromatic N) is 1. The summed E-state index contributed by atoms with van der Waals surface area (Å²) in [5.41, 5.74) is 5.12. The number of aromatic nitrogens is 1. The highest BCUT2D eigenvalue weighted by atomic mass is 16.1. The number of carbonyl (C=O) groups excluding carboxylic acids is 1. The van der Waals surface area contributed by atoms with Gasteiger partial charge in [0, 0.05) is 34.6 Å². The van der Waals surface area contributed by atoms with Crippen LogP contribution in [0.5, 0.6) is 0 Å². The van der Waals surface area contributed by atoms with Crippen molar-refractivity contribution in [3.63, 3.8) is 0 Å². The van der Waals surface area contributed by atoms with Gasteiger partial charge in [-0.25, -0.2) is 0 Å². The van der Waals surface area contributed by atoms with Crippen LogP contribution in [-0.4, -0.2) is 10.9 Å². The highest BCUT2D eigenvalue weighted by Crippen LogP contribution is 2.43. The van der Waals surface area contributed by atoms with Gasteiger partial charge in [0.2, 0.25) is 0 Å². The molecule has 2 aromatic rings. The van der Waals surface area contributed by atoms with Gasteiger partial charge < -0.3 is 4.57 Å². The molecule has 2 heteroatoms. The number of aldehydes is 1. The lowest BCUT2D eigenvalue weighted by Crippen LogP contribution is -2.11. The summed E-state index contributed by atoms with van der Waals surface area (Å²) in [6, 6.07) is 6.33. The fourth-order valence-electron chi connectivity index (χ4n) is 5.07. The molecule has 2 nitrogen and oxygen atoms in total. The van der Waals surface area contributed by atoms with E-state index in [9.17, 15) is 4.79 Å². The minimum atomic E-state index is 0.386. The van der Waals surface area contributed by atoms with E-state index in [4.69, 9.17) is 0 Å². The maximum atomic E-state index is 11.4. The number of hydrogen-bond donors (Lipinski definition) is 0. The standard InChI is InChI=1S/C25H31NO/c1-19-11-7-4-2-3-5-10-16-26-23-17-20(18-27)14-15-22(23)24(25(19)26)21-12-8-6-9-13-21/h2,4,7,11,14-15,17-19,21H,3,5-6,8-10,12-13,16H2,1H3/b4-2-,11-7-. The average Bonchev–Trinajstić information content (AvgIpc) is 3.01. The van der Waals surface area contributed by atoms with Crippen LogP contribution in [0, 0.1) is 0 Å². The fourth-order valence-corrected chi connectivity index (χ4v) is 5.07. The maximum absolute atomic E-state index is 11.4. The first-order valence-corrected chi connectivity index (χ1v) is 10.7. The number of rotatable bonds is 2. The molecule has 1 aromatic carbocycles. The number of benzene rings is 1. The number of allylic oxidation sites excluding steroid dienone is 4. The Morgan fingerprint density at radius 3 is 2.70 bits per heavy atom. The molecule has 1 aliphatic heterocycles. The van der Waals surface area contributed by atoms with Gasteiger partial charge in [-0.05, 0) is 49.7 Å². The Bertz CT molecular complexity index is 864. The van der Waals surface area contributed by atoms with E-state index in [1.165, 1.54) is 61.5 Å². The van der Waals surface area contributed by atoms with Gasteiger partial charge in [0.15, 0.2) is 0 Å². The van der Waals surface area contributed by atoms with Crippen molar-refractivity contribution in [2.45, 2.75) is 76.7 Å². The van der Waals surface area contributed by atoms with E-state index in [0.717, 1.165) is 24.8 Å². The molecule has 27 heavy (non-hydrogen) atoms. The van der Waals surface area contributed by atoms with E-state index in [2.05, 4.69) is 47.9 Å².